The van der Waals surface area contributed by atoms with Crippen LogP contribution in [0.25, 0.3) is 0 Å². The molecule has 0 radical (unpaired) electrons. The van der Waals surface area contributed by atoms with Crippen LogP contribution in [0.5, 0.6) is 17.2 Å². The summed E-state index contributed by atoms with van der Waals surface area (Å²) in [5, 5.41) is 35.4. The van der Waals surface area contributed by atoms with Gasteiger partial charge in [-0.25, -0.2) is 0 Å². The highest BCUT2D eigenvalue weighted by Gasteiger charge is 2.10. The molecule has 2 aromatic carbocycles. The summed E-state index contributed by atoms with van der Waals surface area (Å²) >= 11 is 0. The summed E-state index contributed by atoms with van der Waals surface area (Å²) in [4.78, 5) is 0. The van der Waals surface area contributed by atoms with Gasteiger partial charge in [0.25, 0.3) is 0 Å². The number of halogens is 2. The molecule has 0 aromatic heterocycles. The molecule has 0 saturated carbocycles. The Morgan fingerprint density at radius 2 is 1.17 bits per heavy atom. The lowest BCUT2D eigenvalue weighted by atomic mass is 10.1. The Kier molecular flexibility index (Phi) is 15.8. The van der Waals surface area contributed by atoms with Gasteiger partial charge >= 0.3 is 0 Å². The highest BCUT2D eigenvalue weighted by atomic mass is 79.9. The van der Waals surface area contributed by atoms with Crippen LogP contribution in [0.15, 0.2) is 42.5 Å². The zero-order valence-electron chi connectivity index (χ0n) is 16.8. The van der Waals surface area contributed by atoms with Gasteiger partial charge in [-0.05, 0) is 69.1 Å². The van der Waals surface area contributed by atoms with Gasteiger partial charge in [-0.1, -0.05) is 49.2 Å². The summed E-state index contributed by atoms with van der Waals surface area (Å²) in [5.74, 6) is -0.958. The van der Waals surface area contributed by atoms with Crippen molar-refractivity contribution in [2.75, 3.05) is 26.2 Å². The van der Waals surface area contributed by atoms with Crippen molar-refractivity contribution in [3.05, 3.63) is 53.6 Å². The number of hydrogen-bond acceptors (Lipinski definition) is 5. The normalized spacial score (nSPS) is 10.2. The van der Waals surface area contributed by atoms with Crippen LogP contribution in [0, 0.1) is 0 Å². The number of phenols is 3. The van der Waals surface area contributed by atoms with Gasteiger partial charge in [-0.15, -0.1) is 34.0 Å². The van der Waals surface area contributed by atoms with Gasteiger partial charge in [-0.2, -0.15) is 0 Å². The van der Waals surface area contributed by atoms with Gasteiger partial charge in [0.2, 0.25) is 5.75 Å². The third-order valence-electron chi connectivity index (χ3n) is 4.67. The zero-order chi connectivity index (χ0) is 19.3. The van der Waals surface area contributed by atoms with Crippen LogP contribution in [-0.4, -0.2) is 41.5 Å². The lowest BCUT2D eigenvalue weighted by Crippen LogP contribution is -2.19. The molecule has 0 fully saturated rings. The van der Waals surface area contributed by atoms with Gasteiger partial charge in [0.1, 0.15) is 0 Å². The molecule has 5 nitrogen and oxygen atoms in total. The first-order chi connectivity index (χ1) is 13.2. The van der Waals surface area contributed by atoms with Gasteiger partial charge < -0.3 is 26.0 Å². The van der Waals surface area contributed by atoms with E-state index in [4.69, 9.17) is 0 Å². The van der Waals surface area contributed by atoms with Crippen molar-refractivity contribution >= 4 is 34.0 Å². The lowest BCUT2D eigenvalue weighted by Gasteiger charge is -2.09. The van der Waals surface area contributed by atoms with E-state index >= 15 is 0 Å². The molecule has 0 unspecified atom stereocenters. The molecule has 2 rings (SSSR count). The molecular weight excluding hydrogens is 500 g/mol. The fourth-order valence-corrected chi connectivity index (χ4v) is 3.02. The molecule has 29 heavy (non-hydrogen) atoms. The first-order valence-electron chi connectivity index (χ1n) is 9.86. The van der Waals surface area contributed by atoms with E-state index in [2.05, 4.69) is 34.9 Å². The molecule has 0 aliphatic rings. The third-order valence-corrected chi connectivity index (χ3v) is 4.67. The molecule has 0 spiro atoms. The molecule has 164 valence electrons. The van der Waals surface area contributed by atoms with Crippen molar-refractivity contribution in [1.29, 1.82) is 0 Å². The average Bonchev–Trinajstić information content (AvgIpc) is 2.69. The van der Waals surface area contributed by atoms with Crippen molar-refractivity contribution in [3.63, 3.8) is 0 Å². The first kappa shape index (κ1) is 27.7. The van der Waals surface area contributed by atoms with Crippen LogP contribution in [-0.2, 0) is 12.8 Å². The number of rotatable bonds is 13. The van der Waals surface area contributed by atoms with Crippen molar-refractivity contribution in [1.82, 2.24) is 10.6 Å². The number of nitrogens with one attached hydrogen (secondary N) is 2. The second-order valence-electron chi connectivity index (χ2n) is 6.84. The van der Waals surface area contributed by atoms with E-state index in [9.17, 15) is 15.3 Å². The predicted octanol–water partition coefficient (Wildman–Crippen LogP) is 4.48. The maximum absolute atomic E-state index is 9.76. The fraction of sp³-hybridized carbons (Fsp3) is 0.455. The average molecular weight is 534 g/mol. The molecule has 0 amide bonds. The topological polar surface area (TPSA) is 84.8 Å². The number of phenolic OH excluding ortho intramolecular Hbond substituents is 3. The van der Waals surface area contributed by atoms with E-state index in [-0.39, 0.29) is 45.5 Å². The van der Waals surface area contributed by atoms with E-state index < -0.39 is 5.75 Å². The second-order valence-corrected chi connectivity index (χ2v) is 6.84. The van der Waals surface area contributed by atoms with Crippen LogP contribution in [0.2, 0.25) is 0 Å². The van der Waals surface area contributed by atoms with E-state index in [1.54, 1.807) is 6.07 Å². The molecule has 5 N–H and O–H groups in total. The monoisotopic (exact) mass is 532 g/mol. The predicted molar refractivity (Wildman–Crippen MR) is 130 cm³/mol. The number of benzene rings is 2. The third kappa shape index (κ3) is 10.9. The summed E-state index contributed by atoms with van der Waals surface area (Å²) in [6.07, 6.45) is 6.47. The summed E-state index contributed by atoms with van der Waals surface area (Å²) in [5.41, 5.74) is 2.02. The van der Waals surface area contributed by atoms with E-state index in [0.29, 0.717) is 12.0 Å². The Morgan fingerprint density at radius 1 is 0.586 bits per heavy atom. The molecular formula is C22H34Br2N2O3. The Hall–Kier alpha value is -1.28. The summed E-state index contributed by atoms with van der Waals surface area (Å²) in [7, 11) is 0. The molecule has 7 heteroatoms. The molecule has 0 atom stereocenters. The Bertz CT molecular complexity index is 673. The van der Waals surface area contributed by atoms with Crippen molar-refractivity contribution in [2.45, 2.75) is 38.5 Å². The highest BCUT2D eigenvalue weighted by Crippen LogP contribution is 2.36. The van der Waals surface area contributed by atoms with E-state index in [0.717, 1.165) is 39.0 Å². The smallest absolute Gasteiger partial charge is 0.200 e. The van der Waals surface area contributed by atoms with Crippen LogP contribution in [0.4, 0.5) is 0 Å². The Balaban J connectivity index is 0.00000392. The SMILES string of the molecule is Br.Br.Oc1ccc(CCNCCCCCCNCCc2ccccc2)c(O)c1O. The minimum atomic E-state index is -0.440. The zero-order valence-corrected chi connectivity index (χ0v) is 20.2. The molecule has 0 aliphatic carbocycles. The van der Waals surface area contributed by atoms with Crippen LogP contribution in [0.3, 0.4) is 0 Å². The quantitative estimate of drug-likeness (QED) is 0.193. The maximum Gasteiger partial charge on any atom is 0.200 e. The van der Waals surface area contributed by atoms with Gasteiger partial charge in [0, 0.05) is 0 Å². The van der Waals surface area contributed by atoms with Crippen molar-refractivity contribution in [2.24, 2.45) is 0 Å². The Morgan fingerprint density at radius 3 is 1.79 bits per heavy atom. The van der Waals surface area contributed by atoms with Crippen LogP contribution < -0.4 is 10.6 Å². The van der Waals surface area contributed by atoms with Crippen molar-refractivity contribution in [3.8, 4) is 17.2 Å². The summed E-state index contributed by atoms with van der Waals surface area (Å²) < 4.78 is 0. The van der Waals surface area contributed by atoms with Crippen LogP contribution in [0.1, 0.15) is 36.8 Å². The molecule has 0 saturated heterocycles. The molecule has 2 aromatic rings. The van der Waals surface area contributed by atoms with E-state index in [1.165, 1.54) is 30.9 Å². The minimum absolute atomic E-state index is 0. The number of unbranched alkanes of at least 4 members (excludes halogenated alkanes) is 3. The standard InChI is InChI=1S/C22H32N2O3.2BrH/c25-20-11-10-19(21(26)22(20)27)13-17-24-15-7-2-1-6-14-23-16-12-18-8-4-3-5-9-18;;/h3-5,8-11,23-27H,1-2,6-7,12-17H2;2*1H. The highest BCUT2D eigenvalue weighted by molar-refractivity contribution is 8.93. The molecule has 0 bridgehead atoms. The largest absolute Gasteiger partial charge is 0.504 e. The first-order valence-corrected chi connectivity index (χ1v) is 9.86. The lowest BCUT2D eigenvalue weighted by molar-refractivity contribution is 0.365. The maximum atomic E-state index is 9.76. The molecule has 0 heterocycles. The van der Waals surface area contributed by atoms with Gasteiger partial charge in [0.05, 0.1) is 0 Å². The van der Waals surface area contributed by atoms with E-state index in [1.807, 2.05) is 6.07 Å². The summed E-state index contributed by atoms with van der Waals surface area (Å²) in [6.45, 7) is 3.79. The number of hydrogen-bond donors (Lipinski definition) is 5. The second kappa shape index (κ2) is 16.5. The number of aromatic hydroxyl groups is 3. The van der Waals surface area contributed by atoms with Crippen molar-refractivity contribution < 1.29 is 15.3 Å². The van der Waals surface area contributed by atoms with Gasteiger partial charge in [-0.3, -0.25) is 0 Å². The summed E-state index contributed by atoms with van der Waals surface area (Å²) in [6, 6.07) is 13.6. The van der Waals surface area contributed by atoms with Crippen LogP contribution >= 0.6 is 34.0 Å². The Labute approximate surface area is 195 Å². The minimum Gasteiger partial charge on any atom is -0.504 e. The fourth-order valence-electron chi connectivity index (χ4n) is 3.02. The molecule has 0 aliphatic heterocycles. The van der Waals surface area contributed by atoms with Gasteiger partial charge in [0.15, 0.2) is 11.5 Å².